The van der Waals surface area contributed by atoms with Crippen LogP contribution in [0, 0.1) is 0 Å². The molecule has 44 heavy (non-hydrogen) atoms. The Hall–Kier alpha value is -0.700. The first kappa shape index (κ1) is 41.3. The quantitative estimate of drug-likeness (QED) is 0.0693. The molecule has 2 rings (SSSR count). The fraction of sp³-hybridized carbons (Fsp3) is 0.707. The molecule has 0 atom stereocenters. The summed E-state index contributed by atoms with van der Waals surface area (Å²) < 4.78 is 0. The van der Waals surface area contributed by atoms with Crippen LogP contribution >= 0.6 is 0 Å². The predicted octanol–water partition coefficient (Wildman–Crippen LogP) is 11.5. The SMILES string of the molecule is CCCCCCCCCCCCCCc1cccc(Cc2cccc(CCCCCCCCCCCCCC)c2[O-])c1[O-].[Ca+2]. The number of para-hydroxylation sites is 2. The molecule has 0 unspecified atom stereocenters. The molecular weight excluding hydrogens is 565 g/mol. The number of hydrogen-bond donors (Lipinski definition) is 0. The van der Waals surface area contributed by atoms with Gasteiger partial charge in [0, 0.05) is 0 Å². The van der Waals surface area contributed by atoms with E-state index in [4.69, 9.17) is 0 Å². The number of unbranched alkanes of at least 4 members (excludes halogenated alkanes) is 22. The molecule has 0 N–H and O–H groups in total. The summed E-state index contributed by atoms with van der Waals surface area (Å²) >= 11 is 0. The second-order valence-electron chi connectivity index (χ2n) is 13.3. The van der Waals surface area contributed by atoms with Gasteiger partial charge in [-0.2, -0.15) is 0 Å². The minimum atomic E-state index is 0. The molecule has 0 aliphatic rings. The number of hydrogen-bond acceptors (Lipinski definition) is 2. The summed E-state index contributed by atoms with van der Waals surface area (Å²) in [6.45, 7) is 4.55. The van der Waals surface area contributed by atoms with Crippen molar-refractivity contribution in [3.05, 3.63) is 58.7 Å². The van der Waals surface area contributed by atoms with Gasteiger partial charge in [0.25, 0.3) is 0 Å². The van der Waals surface area contributed by atoms with E-state index in [1.807, 2.05) is 36.4 Å². The fourth-order valence-corrected chi connectivity index (χ4v) is 6.47. The van der Waals surface area contributed by atoms with Gasteiger partial charge >= 0.3 is 37.7 Å². The molecule has 2 nitrogen and oxygen atoms in total. The summed E-state index contributed by atoms with van der Waals surface area (Å²) in [7, 11) is 0. The van der Waals surface area contributed by atoms with Crippen LogP contribution in [0.2, 0.25) is 0 Å². The third kappa shape index (κ3) is 19.1. The Balaban J connectivity index is 0.00000968. The van der Waals surface area contributed by atoms with Crippen molar-refractivity contribution in [3.63, 3.8) is 0 Å². The number of benzene rings is 2. The molecule has 0 bridgehead atoms. The Bertz CT molecular complexity index is 865. The second-order valence-corrected chi connectivity index (χ2v) is 13.3. The van der Waals surface area contributed by atoms with Gasteiger partial charge in [-0.1, -0.05) is 214 Å². The van der Waals surface area contributed by atoms with Crippen LogP contribution in [0.1, 0.15) is 190 Å². The van der Waals surface area contributed by atoms with E-state index in [0.717, 1.165) is 47.9 Å². The maximum Gasteiger partial charge on any atom is 2.00 e. The van der Waals surface area contributed by atoms with Gasteiger partial charge in [-0.05, 0) is 32.1 Å². The van der Waals surface area contributed by atoms with Crippen molar-refractivity contribution in [3.8, 4) is 11.5 Å². The van der Waals surface area contributed by atoms with Crippen molar-refractivity contribution in [1.29, 1.82) is 0 Å². The van der Waals surface area contributed by atoms with Gasteiger partial charge in [-0.25, -0.2) is 0 Å². The first-order valence-electron chi connectivity index (χ1n) is 18.7. The third-order valence-electron chi connectivity index (χ3n) is 9.34. The van der Waals surface area contributed by atoms with Gasteiger partial charge < -0.3 is 10.2 Å². The average Bonchev–Trinajstić information content (AvgIpc) is 3.01. The zero-order valence-electron chi connectivity index (χ0n) is 29.1. The van der Waals surface area contributed by atoms with Crippen LogP contribution in [0.4, 0.5) is 0 Å². The zero-order valence-corrected chi connectivity index (χ0v) is 31.3. The molecule has 244 valence electrons. The summed E-state index contributed by atoms with van der Waals surface area (Å²) in [4.78, 5) is 0. The van der Waals surface area contributed by atoms with E-state index >= 15 is 0 Å². The van der Waals surface area contributed by atoms with E-state index < -0.39 is 0 Å². The van der Waals surface area contributed by atoms with Crippen LogP contribution in [0.5, 0.6) is 11.5 Å². The molecule has 0 amide bonds. The van der Waals surface area contributed by atoms with E-state index in [9.17, 15) is 10.2 Å². The Kier molecular flexibility index (Phi) is 26.8. The van der Waals surface area contributed by atoms with Crippen molar-refractivity contribution in [2.24, 2.45) is 0 Å². The molecule has 0 aliphatic carbocycles. The molecular formula is C41H66CaO2. The van der Waals surface area contributed by atoms with Crippen molar-refractivity contribution in [1.82, 2.24) is 0 Å². The predicted molar refractivity (Wildman–Crippen MR) is 190 cm³/mol. The molecule has 0 spiro atoms. The number of rotatable bonds is 28. The van der Waals surface area contributed by atoms with Gasteiger partial charge in [0.15, 0.2) is 0 Å². The average molecular weight is 631 g/mol. The smallest absolute Gasteiger partial charge is 0.872 e. The zero-order chi connectivity index (χ0) is 30.8. The first-order chi connectivity index (χ1) is 21.2. The Labute approximate surface area is 303 Å². The van der Waals surface area contributed by atoms with Gasteiger partial charge in [-0.3, -0.25) is 0 Å². The van der Waals surface area contributed by atoms with Gasteiger partial charge in [0.05, 0.1) is 0 Å². The molecule has 0 fully saturated rings. The minimum absolute atomic E-state index is 0. The molecule has 0 radical (unpaired) electrons. The maximum absolute atomic E-state index is 13.2. The van der Waals surface area contributed by atoms with Gasteiger partial charge in [-0.15, -0.1) is 11.5 Å². The normalized spacial score (nSPS) is 11.1. The van der Waals surface area contributed by atoms with E-state index in [1.165, 1.54) is 141 Å². The van der Waals surface area contributed by atoms with Crippen LogP contribution < -0.4 is 10.2 Å². The Morgan fingerprint density at radius 3 is 0.909 bits per heavy atom. The minimum Gasteiger partial charge on any atom is -0.872 e. The van der Waals surface area contributed by atoms with Crippen LogP contribution in [-0.2, 0) is 19.3 Å². The molecule has 2 aromatic carbocycles. The standard InChI is InChI=1S/C41H68O2.Ca/c1-3-5-7-9-11-13-15-17-19-21-23-25-29-36-31-27-33-38(40(36)42)35-39-34-28-32-37(41(39)43)30-26-24-22-20-18-16-14-12-10-8-6-4-2;/h27-28,31-34,42-43H,3-26,29-30,35H2,1-2H3;/q;+2/p-2. The molecule has 0 aromatic heterocycles. The maximum atomic E-state index is 13.2. The fourth-order valence-electron chi connectivity index (χ4n) is 6.47. The van der Waals surface area contributed by atoms with Crippen LogP contribution in [0.15, 0.2) is 36.4 Å². The van der Waals surface area contributed by atoms with Crippen molar-refractivity contribution >= 4 is 37.7 Å². The molecule has 2 aromatic rings. The van der Waals surface area contributed by atoms with Crippen LogP contribution in [0.3, 0.4) is 0 Å². The van der Waals surface area contributed by atoms with Crippen LogP contribution in [-0.4, -0.2) is 37.7 Å². The van der Waals surface area contributed by atoms with E-state index in [1.54, 1.807) is 0 Å². The molecule has 0 heterocycles. The third-order valence-corrected chi connectivity index (χ3v) is 9.34. The van der Waals surface area contributed by atoms with Gasteiger partial charge in [0.1, 0.15) is 0 Å². The molecule has 0 saturated heterocycles. The van der Waals surface area contributed by atoms with Crippen molar-refractivity contribution in [2.75, 3.05) is 0 Å². The topological polar surface area (TPSA) is 46.1 Å². The summed E-state index contributed by atoms with van der Waals surface area (Å²) in [6, 6.07) is 11.8. The second kappa shape index (κ2) is 28.5. The Morgan fingerprint density at radius 2 is 0.614 bits per heavy atom. The van der Waals surface area contributed by atoms with Crippen molar-refractivity contribution < 1.29 is 10.2 Å². The van der Waals surface area contributed by atoms with Gasteiger partial charge in [0.2, 0.25) is 0 Å². The van der Waals surface area contributed by atoms with E-state index in [0.29, 0.717) is 6.42 Å². The molecule has 0 aliphatic heterocycles. The van der Waals surface area contributed by atoms with Crippen LogP contribution in [0.25, 0.3) is 0 Å². The summed E-state index contributed by atoms with van der Waals surface area (Å²) in [5, 5.41) is 26.4. The van der Waals surface area contributed by atoms with E-state index in [-0.39, 0.29) is 49.2 Å². The first-order valence-corrected chi connectivity index (χ1v) is 18.7. The van der Waals surface area contributed by atoms with E-state index in [2.05, 4.69) is 13.8 Å². The monoisotopic (exact) mass is 630 g/mol. The summed E-state index contributed by atoms with van der Waals surface area (Å²) in [5.74, 6) is 0.299. The largest absolute Gasteiger partial charge is 2.00 e. The molecule has 3 heteroatoms. The summed E-state index contributed by atoms with van der Waals surface area (Å²) in [5.41, 5.74) is 3.39. The summed E-state index contributed by atoms with van der Waals surface area (Å²) in [6.07, 6.45) is 34.0. The Morgan fingerprint density at radius 1 is 0.364 bits per heavy atom. The van der Waals surface area contributed by atoms with Crippen molar-refractivity contribution in [2.45, 2.75) is 187 Å². The number of aryl methyl sites for hydroxylation is 2. The molecule has 0 saturated carbocycles.